The van der Waals surface area contributed by atoms with Crippen LogP contribution >= 0.6 is 11.6 Å². The average Bonchev–Trinajstić information content (AvgIpc) is 2.54. The number of rotatable bonds is 7. The molecule has 0 bridgehead atoms. The predicted octanol–water partition coefficient (Wildman–Crippen LogP) is 4.77. The van der Waals surface area contributed by atoms with Crippen molar-refractivity contribution in [1.29, 1.82) is 0 Å². The lowest BCUT2D eigenvalue weighted by Crippen LogP contribution is -2.37. The van der Waals surface area contributed by atoms with Gasteiger partial charge < -0.3 is 14.8 Å². The van der Waals surface area contributed by atoms with E-state index in [1.54, 1.807) is 31.2 Å². The SMILES string of the molecule is CC(C)Oc1cccc(C(C)NC(=O)C(C)Oc2cccc(Cl)c2)c1. The summed E-state index contributed by atoms with van der Waals surface area (Å²) in [4.78, 5) is 12.4. The molecule has 0 aliphatic carbocycles. The van der Waals surface area contributed by atoms with E-state index in [-0.39, 0.29) is 18.1 Å². The number of hydrogen-bond donors (Lipinski definition) is 1. The van der Waals surface area contributed by atoms with Crippen LogP contribution in [0, 0.1) is 0 Å². The summed E-state index contributed by atoms with van der Waals surface area (Å²) < 4.78 is 11.3. The van der Waals surface area contributed by atoms with Crippen LogP contribution in [0.2, 0.25) is 5.02 Å². The zero-order chi connectivity index (χ0) is 18.4. The van der Waals surface area contributed by atoms with Crippen molar-refractivity contribution in [3.8, 4) is 11.5 Å². The van der Waals surface area contributed by atoms with Crippen molar-refractivity contribution in [1.82, 2.24) is 5.32 Å². The second-order valence-electron chi connectivity index (χ2n) is 6.19. The summed E-state index contributed by atoms with van der Waals surface area (Å²) in [7, 11) is 0. The summed E-state index contributed by atoms with van der Waals surface area (Å²) in [5.41, 5.74) is 0.974. The molecule has 1 amide bonds. The van der Waals surface area contributed by atoms with Crippen LogP contribution in [0.4, 0.5) is 0 Å². The Bertz CT molecular complexity index is 718. The number of amides is 1. The monoisotopic (exact) mass is 361 g/mol. The van der Waals surface area contributed by atoms with E-state index in [0.717, 1.165) is 11.3 Å². The van der Waals surface area contributed by atoms with Gasteiger partial charge in [-0.3, -0.25) is 4.79 Å². The smallest absolute Gasteiger partial charge is 0.261 e. The van der Waals surface area contributed by atoms with Crippen LogP contribution < -0.4 is 14.8 Å². The molecule has 2 aromatic rings. The van der Waals surface area contributed by atoms with E-state index in [1.807, 2.05) is 45.0 Å². The molecule has 2 unspecified atom stereocenters. The molecule has 2 rings (SSSR count). The Hall–Kier alpha value is -2.20. The molecule has 0 radical (unpaired) electrons. The van der Waals surface area contributed by atoms with Gasteiger partial charge in [-0.1, -0.05) is 29.8 Å². The van der Waals surface area contributed by atoms with Crippen LogP contribution in [-0.2, 0) is 4.79 Å². The third-order valence-electron chi connectivity index (χ3n) is 3.57. The summed E-state index contributed by atoms with van der Waals surface area (Å²) in [5, 5.41) is 3.53. The maximum atomic E-state index is 12.4. The van der Waals surface area contributed by atoms with E-state index in [1.165, 1.54) is 0 Å². The highest BCUT2D eigenvalue weighted by Gasteiger charge is 2.18. The molecule has 4 nitrogen and oxygen atoms in total. The van der Waals surface area contributed by atoms with Crippen LogP contribution in [0.15, 0.2) is 48.5 Å². The van der Waals surface area contributed by atoms with Crippen molar-refractivity contribution in [2.45, 2.75) is 45.9 Å². The zero-order valence-electron chi connectivity index (χ0n) is 15.0. The van der Waals surface area contributed by atoms with Gasteiger partial charge in [-0.2, -0.15) is 0 Å². The minimum atomic E-state index is -0.629. The quantitative estimate of drug-likeness (QED) is 0.772. The van der Waals surface area contributed by atoms with Gasteiger partial charge in [0.1, 0.15) is 11.5 Å². The lowest BCUT2D eigenvalue weighted by Gasteiger charge is -2.20. The van der Waals surface area contributed by atoms with Crippen LogP contribution in [0.5, 0.6) is 11.5 Å². The minimum absolute atomic E-state index is 0.103. The van der Waals surface area contributed by atoms with Gasteiger partial charge in [0.25, 0.3) is 5.91 Å². The van der Waals surface area contributed by atoms with Crippen molar-refractivity contribution in [3.63, 3.8) is 0 Å². The van der Waals surface area contributed by atoms with Crippen LogP contribution in [-0.4, -0.2) is 18.1 Å². The molecule has 0 aromatic heterocycles. The fourth-order valence-corrected chi connectivity index (χ4v) is 2.52. The summed E-state index contributed by atoms with van der Waals surface area (Å²) in [6.07, 6.45) is -0.526. The number of ether oxygens (including phenoxy) is 2. The molecule has 2 atom stereocenters. The highest BCUT2D eigenvalue weighted by Crippen LogP contribution is 2.21. The highest BCUT2D eigenvalue weighted by molar-refractivity contribution is 6.30. The maximum absolute atomic E-state index is 12.4. The lowest BCUT2D eigenvalue weighted by atomic mass is 10.1. The Labute approximate surface area is 154 Å². The Morgan fingerprint density at radius 1 is 0.960 bits per heavy atom. The van der Waals surface area contributed by atoms with Gasteiger partial charge >= 0.3 is 0 Å². The number of hydrogen-bond acceptors (Lipinski definition) is 3. The first-order chi connectivity index (χ1) is 11.8. The zero-order valence-corrected chi connectivity index (χ0v) is 15.7. The van der Waals surface area contributed by atoms with Crippen molar-refractivity contribution in [2.75, 3.05) is 0 Å². The van der Waals surface area contributed by atoms with Gasteiger partial charge in [0.2, 0.25) is 0 Å². The number of benzene rings is 2. The molecule has 5 heteroatoms. The summed E-state index contributed by atoms with van der Waals surface area (Å²) in [6.45, 7) is 7.60. The Morgan fingerprint density at radius 2 is 1.60 bits per heavy atom. The summed E-state index contributed by atoms with van der Waals surface area (Å²) >= 11 is 5.93. The first-order valence-corrected chi connectivity index (χ1v) is 8.72. The van der Waals surface area contributed by atoms with Gasteiger partial charge in [-0.05, 0) is 63.6 Å². The number of carbonyl (C=O) groups is 1. The van der Waals surface area contributed by atoms with Crippen LogP contribution in [0.1, 0.15) is 39.3 Å². The molecule has 25 heavy (non-hydrogen) atoms. The fourth-order valence-electron chi connectivity index (χ4n) is 2.34. The van der Waals surface area contributed by atoms with Gasteiger partial charge in [0.15, 0.2) is 6.10 Å². The number of nitrogens with one attached hydrogen (secondary N) is 1. The minimum Gasteiger partial charge on any atom is -0.491 e. The second kappa shape index (κ2) is 8.77. The second-order valence-corrected chi connectivity index (χ2v) is 6.62. The number of carbonyl (C=O) groups excluding carboxylic acids is 1. The van der Waals surface area contributed by atoms with Gasteiger partial charge in [-0.25, -0.2) is 0 Å². The summed E-state index contributed by atoms with van der Waals surface area (Å²) in [5.74, 6) is 1.16. The van der Waals surface area contributed by atoms with E-state index >= 15 is 0 Å². The Balaban J connectivity index is 1.97. The lowest BCUT2D eigenvalue weighted by molar-refractivity contribution is -0.127. The number of halogens is 1. The largest absolute Gasteiger partial charge is 0.491 e. The fraction of sp³-hybridized carbons (Fsp3) is 0.350. The first-order valence-electron chi connectivity index (χ1n) is 8.34. The van der Waals surface area contributed by atoms with Crippen molar-refractivity contribution in [3.05, 3.63) is 59.1 Å². The molecule has 0 spiro atoms. The Morgan fingerprint density at radius 3 is 2.24 bits per heavy atom. The van der Waals surface area contributed by atoms with Gasteiger partial charge in [-0.15, -0.1) is 0 Å². The maximum Gasteiger partial charge on any atom is 0.261 e. The van der Waals surface area contributed by atoms with Crippen LogP contribution in [0.25, 0.3) is 0 Å². The molecular formula is C20H24ClNO3. The van der Waals surface area contributed by atoms with E-state index in [9.17, 15) is 4.79 Å². The topological polar surface area (TPSA) is 47.6 Å². The highest BCUT2D eigenvalue weighted by atomic mass is 35.5. The van der Waals surface area contributed by atoms with Crippen molar-refractivity contribution in [2.24, 2.45) is 0 Å². The van der Waals surface area contributed by atoms with Crippen molar-refractivity contribution < 1.29 is 14.3 Å². The summed E-state index contributed by atoms with van der Waals surface area (Å²) in [6, 6.07) is 14.6. The predicted molar refractivity (Wildman–Crippen MR) is 100 cm³/mol. The standard InChI is InChI=1S/C20H24ClNO3/c1-13(2)24-18-9-5-7-16(11-18)14(3)22-20(23)15(4)25-19-10-6-8-17(21)12-19/h5-15H,1-4H3,(H,22,23). The van der Waals surface area contributed by atoms with Gasteiger partial charge in [0.05, 0.1) is 12.1 Å². The molecule has 0 saturated heterocycles. The first kappa shape index (κ1) is 19.1. The average molecular weight is 362 g/mol. The van der Waals surface area contributed by atoms with E-state index in [0.29, 0.717) is 10.8 Å². The third-order valence-corrected chi connectivity index (χ3v) is 3.80. The Kier molecular flexibility index (Phi) is 6.71. The molecule has 0 saturated carbocycles. The molecule has 0 fully saturated rings. The van der Waals surface area contributed by atoms with Crippen molar-refractivity contribution >= 4 is 17.5 Å². The van der Waals surface area contributed by atoms with Crippen LogP contribution in [0.3, 0.4) is 0 Å². The molecule has 0 aliphatic heterocycles. The van der Waals surface area contributed by atoms with E-state index in [4.69, 9.17) is 21.1 Å². The van der Waals surface area contributed by atoms with E-state index < -0.39 is 6.10 Å². The third kappa shape index (κ3) is 5.98. The molecule has 134 valence electrons. The normalized spacial score (nSPS) is 13.2. The molecular weight excluding hydrogens is 338 g/mol. The molecule has 0 heterocycles. The van der Waals surface area contributed by atoms with E-state index in [2.05, 4.69) is 5.32 Å². The molecule has 2 aromatic carbocycles. The van der Waals surface area contributed by atoms with Gasteiger partial charge in [0, 0.05) is 5.02 Å². The molecule has 1 N–H and O–H groups in total. The molecule has 0 aliphatic rings.